The molecule has 2 heterocycles. The van der Waals surface area contributed by atoms with E-state index in [1.54, 1.807) is 18.2 Å². The lowest BCUT2D eigenvalue weighted by Crippen LogP contribution is -2.27. The molecule has 1 saturated heterocycles. The van der Waals surface area contributed by atoms with Crippen molar-refractivity contribution in [1.82, 2.24) is 15.1 Å². The Morgan fingerprint density at radius 2 is 1.72 bits per heavy atom. The van der Waals surface area contributed by atoms with E-state index in [2.05, 4.69) is 10.2 Å². The molecule has 3 aromatic rings. The van der Waals surface area contributed by atoms with E-state index in [4.69, 9.17) is 4.74 Å². The van der Waals surface area contributed by atoms with Crippen LogP contribution in [0.5, 0.6) is 0 Å². The second kappa shape index (κ2) is 8.31. The van der Waals surface area contributed by atoms with Crippen molar-refractivity contribution in [3.8, 4) is 11.3 Å². The van der Waals surface area contributed by atoms with Gasteiger partial charge in [0, 0.05) is 24.2 Å². The number of carbonyl (C=O) groups excluding carboxylic acids is 2. The minimum atomic E-state index is -0.465. The fourth-order valence-electron chi connectivity index (χ4n) is 3.37. The molecule has 0 saturated carbocycles. The number of rotatable bonds is 5. The van der Waals surface area contributed by atoms with E-state index >= 15 is 0 Å². The van der Waals surface area contributed by atoms with Gasteiger partial charge in [0.05, 0.1) is 5.69 Å². The first-order valence-electron chi connectivity index (χ1n) is 9.78. The quantitative estimate of drug-likeness (QED) is 0.670. The Labute approximate surface area is 169 Å². The van der Waals surface area contributed by atoms with Crippen LogP contribution in [0.15, 0.2) is 54.6 Å². The van der Waals surface area contributed by atoms with Crippen LogP contribution in [0.25, 0.3) is 11.3 Å². The maximum Gasteiger partial charge on any atom is 0.356 e. The number of amides is 1. The van der Waals surface area contributed by atoms with Crippen LogP contribution in [-0.4, -0.2) is 40.1 Å². The highest BCUT2D eigenvalue weighted by Gasteiger charge is 2.19. The summed E-state index contributed by atoms with van der Waals surface area (Å²) in [4.78, 5) is 26.6. The lowest BCUT2D eigenvalue weighted by Gasteiger charge is -2.15. The topological polar surface area (TPSA) is 75.3 Å². The van der Waals surface area contributed by atoms with Gasteiger partial charge in [0.25, 0.3) is 5.91 Å². The number of H-pyrrole nitrogens is 1. The predicted molar refractivity (Wildman–Crippen MR) is 109 cm³/mol. The van der Waals surface area contributed by atoms with Gasteiger partial charge in [0.1, 0.15) is 12.3 Å². The number of hydrogen-bond donors (Lipinski definition) is 1. The highest BCUT2D eigenvalue weighted by atomic mass is 16.5. The van der Waals surface area contributed by atoms with Crippen LogP contribution in [0.1, 0.15) is 44.8 Å². The second-order valence-electron chi connectivity index (χ2n) is 7.31. The van der Waals surface area contributed by atoms with Crippen molar-refractivity contribution in [3.05, 3.63) is 77.0 Å². The molecule has 29 heavy (non-hydrogen) atoms. The molecule has 0 bridgehead atoms. The summed E-state index contributed by atoms with van der Waals surface area (Å²) in [6, 6.07) is 16.8. The van der Waals surface area contributed by atoms with Gasteiger partial charge in [-0.15, -0.1) is 0 Å². The summed E-state index contributed by atoms with van der Waals surface area (Å²) in [6.45, 7) is 3.81. The molecule has 0 radical (unpaired) electrons. The van der Waals surface area contributed by atoms with E-state index in [0.717, 1.165) is 42.6 Å². The van der Waals surface area contributed by atoms with Crippen molar-refractivity contribution in [3.63, 3.8) is 0 Å². The van der Waals surface area contributed by atoms with Gasteiger partial charge in [-0.3, -0.25) is 9.89 Å². The Morgan fingerprint density at radius 3 is 2.41 bits per heavy atom. The summed E-state index contributed by atoms with van der Waals surface area (Å²) < 4.78 is 5.38. The fourth-order valence-corrected chi connectivity index (χ4v) is 3.37. The van der Waals surface area contributed by atoms with Crippen molar-refractivity contribution in [1.29, 1.82) is 0 Å². The number of esters is 1. The summed E-state index contributed by atoms with van der Waals surface area (Å²) in [5.41, 5.74) is 4.59. The van der Waals surface area contributed by atoms with Crippen molar-refractivity contribution in [2.24, 2.45) is 0 Å². The van der Waals surface area contributed by atoms with E-state index in [9.17, 15) is 9.59 Å². The normalized spacial score (nSPS) is 13.5. The molecular formula is C23H23N3O3. The van der Waals surface area contributed by atoms with E-state index in [-0.39, 0.29) is 12.5 Å². The largest absolute Gasteiger partial charge is 0.456 e. The smallest absolute Gasteiger partial charge is 0.356 e. The summed E-state index contributed by atoms with van der Waals surface area (Å²) in [6.07, 6.45) is 2.14. The molecule has 0 atom stereocenters. The van der Waals surface area contributed by atoms with Crippen molar-refractivity contribution in [2.45, 2.75) is 26.4 Å². The lowest BCUT2D eigenvalue weighted by molar-refractivity contribution is 0.0465. The molecule has 1 aromatic heterocycles. The number of aromatic nitrogens is 2. The third kappa shape index (κ3) is 4.37. The Bertz CT molecular complexity index is 1000. The molecule has 6 heteroatoms. The SMILES string of the molecule is Cc1ccc(-c2cc(C(=O)OCc3ccc(C(=O)N4CCCC4)cc3)[nH]n2)cc1. The standard InChI is InChI=1S/C23H23N3O3/c1-16-4-8-18(9-5-16)20-14-21(25-24-20)23(28)29-15-17-6-10-19(11-7-17)22(27)26-12-2-3-13-26/h4-11,14H,2-3,12-13,15H2,1H3,(H,24,25). The Morgan fingerprint density at radius 1 is 1.03 bits per heavy atom. The molecule has 148 valence electrons. The number of benzene rings is 2. The fraction of sp³-hybridized carbons (Fsp3) is 0.261. The van der Waals surface area contributed by atoms with E-state index < -0.39 is 5.97 Å². The molecule has 0 spiro atoms. The number of nitrogens with one attached hydrogen (secondary N) is 1. The number of aryl methyl sites for hydroxylation is 1. The molecule has 1 aliphatic rings. The summed E-state index contributed by atoms with van der Waals surface area (Å²) in [5, 5.41) is 6.93. The molecule has 1 N–H and O–H groups in total. The zero-order valence-corrected chi connectivity index (χ0v) is 16.4. The third-order valence-corrected chi connectivity index (χ3v) is 5.11. The minimum absolute atomic E-state index is 0.0622. The first-order chi connectivity index (χ1) is 14.1. The van der Waals surface area contributed by atoms with Crippen LogP contribution in [0.3, 0.4) is 0 Å². The summed E-state index contributed by atoms with van der Waals surface area (Å²) >= 11 is 0. The first kappa shape index (κ1) is 18.9. The van der Waals surface area contributed by atoms with Gasteiger partial charge in [-0.25, -0.2) is 4.79 Å². The van der Waals surface area contributed by atoms with E-state index in [0.29, 0.717) is 17.0 Å². The number of ether oxygens (including phenoxy) is 1. The monoisotopic (exact) mass is 389 g/mol. The van der Waals surface area contributed by atoms with Gasteiger partial charge in [-0.2, -0.15) is 5.10 Å². The molecule has 0 aliphatic carbocycles. The average Bonchev–Trinajstić information content (AvgIpc) is 3.45. The highest BCUT2D eigenvalue weighted by molar-refractivity contribution is 5.94. The zero-order valence-electron chi connectivity index (χ0n) is 16.4. The third-order valence-electron chi connectivity index (χ3n) is 5.11. The van der Waals surface area contributed by atoms with Crippen LogP contribution in [0.4, 0.5) is 0 Å². The molecule has 0 unspecified atom stereocenters. The van der Waals surface area contributed by atoms with Crippen LogP contribution in [-0.2, 0) is 11.3 Å². The zero-order chi connectivity index (χ0) is 20.2. The highest BCUT2D eigenvalue weighted by Crippen LogP contribution is 2.19. The van der Waals surface area contributed by atoms with Crippen molar-refractivity contribution < 1.29 is 14.3 Å². The number of carbonyl (C=O) groups is 2. The predicted octanol–water partition coefficient (Wildman–Crippen LogP) is 3.98. The van der Waals surface area contributed by atoms with Crippen molar-refractivity contribution >= 4 is 11.9 Å². The van der Waals surface area contributed by atoms with Gasteiger partial charge in [-0.1, -0.05) is 42.0 Å². The summed E-state index contributed by atoms with van der Waals surface area (Å²) in [5.74, 6) is -0.403. The van der Waals surface area contributed by atoms with Gasteiger partial charge in [0.2, 0.25) is 0 Å². The van der Waals surface area contributed by atoms with Gasteiger partial charge in [0.15, 0.2) is 0 Å². The Hall–Kier alpha value is -3.41. The Kier molecular flexibility index (Phi) is 5.42. The van der Waals surface area contributed by atoms with Gasteiger partial charge >= 0.3 is 5.97 Å². The average molecular weight is 389 g/mol. The molecule has 1 amide bonds. The summed E-state index contributed by atoms with van der Waals surface area (Å²) in [7, 11) is 0. The number of nitrogens with zero attached hydrogens (tertiary/aromatic N) is 2. The van der Waals surface area contributed by atoms with E-state index in [1.807, 2.05) is 48.2 Å². The number of aromatic amines is 1. The lowest BCUT2D eigenvalue weighted by atomic mass is 10.1. The van der Waals surface area contributed by atoms with Crippen LogP contribution in [0, 0.1) is 6.92 Å². The maximum atomic E-state index is 12.4. The molecule has 1 fully saturated rings. The molecule has 6 nitrogen and oxygen atoms in total. The van der Waals surface area contributed by atoms with Gasteiger partial charge in [-0.05, 0) is 43.5 Å². The number of hydrogen-bond acceptors (Lipinski definition) is 4. The van der Waals surface area contributed by atoms with Crippen LogP contribution in [0.2, 0.25) is 0 Å². The molecule has 4 rings (SSSR count). The maximum absolute atomic E-state index is 12.4. The number of likely N-dealkylation sites (tertiary alicyclic amines) is 1. The minimum Gasteiger partial charge on any atom is -0.456 e. The molecular weight excluding hydrogens is 366 g/mol. The second-order valence-corrected chi connectivity index (χ2v) is 7.31. The first-order valence-corrected chi connectivity index (χ1v) is 9.78. The van der Waals surface area contributed by atoms with Crippen molar-refractivity contribution in [2.75, 3.05) is 13.1 Å². The Balaban J connectivity index is 1.35. The van der Waals surface area contributed by atoms with Crippen LogP contribution >= 0.6 is 0 Å². The van der Waals surface area contributed by atoms with E-state index in [1.165, 1.54) is 0 Å². The van der Waals surface area contributed by atoms with Crippen LogP contribution < -0.4 is 0 Å². The molecule has 2 aromatic carbocycles. The molecule has 1 aliphatic heterocycles. The van der Waals surface area contributed by atoms with Gasteiger partial charge < -0.3 is 9.64 Å².